The van der Waals surface area contributed by atoms with E-state index in [0.29, 0.717) is 42.3 Å². The number of benzene rings is 5. The molecule has 5 aromatic rings. The minimum absolute atomic E-state index is 0.0243. The Balaban J connectivity index is 1.47. The number of nitrogen functional groups attached to an aromatic ring is 1. The molecule has 1 heterocycles. The van der Waals surface area contributed by atoms with Crippen molar-refractivity contribution in [2.24, 2.45) is 0 Å². The van der Waals surface area contributed by atoms with Gasteiger partial charge in [0.1, 0.15) is 11.4 Å². The molecule has 5 aromatic carbocycles. The van der Waals surface area contributed by atoms with Crippen molar-refractivity contribution in [1.82, 2.24) is 4.90 Å². The molecule has 1 aliphatic rings. The molecule has 1 aliphatic heterocycles. The average Bonchev–Trinajstić information content (AvgIpc) is 3.11. The molecule has 260 valence electrons. The van der Waals surface area contributed by atoms with Gasteiger partial charge in [-0.15, -0.1) is 0 Å². The van der Waals surface area contributed by atoms with Gasteiger partial charge < -0.3 is 14.9 Å². The molecule has 0 unspecified atom stereocenters. The summed E-state index contributed by atoms with van der Waals surface area (Å²) in [6.45, 7) is 12.4. The van der Waals surface area contributed by atoms with Gasteiger partial charge in [-0.1, -0.05) is 154 Å². The quantitative estimate of drug-likeness (QED) is 0.0913. The highest BCUT2D eigenvalue weighted by molar-refractivity contribution is 6.99. The lowest BCUT2D eigenvalue weighted by molar-refractivity contribution is 0.0622. The van der Waals surface area contributed by atoms with Gasteiger partial charge in [0.15, 0.2) is 5.78 Å². The predicted molar refractivity (Wildman–Crippen MR) is 211 cm³/mol. The van der Waals surface area contributed by atoms with E-state index in [1.54, 1.807) is 0 Å². The van der Waals surface area contributed by atoms with E-state index in [-0.39, 0.29) is 23.3 Å². The number of fused-ring (bicyclic) bond motifs is 1. The van der Waals surface area contributed by atoms with Crippen LogP contribution in [-0.4, -0.2) is 37.3 Å². The summed E-state index contributed by atoms with van der Waals surface area (Å²) in [6.07, 6.45) is 0.262. The molecule has 0 spiro atoms. The molecule has 51 heavy (non-hydrogen) atoms. The summed E-state index contributed by atoms with van der Waals surface area (Å²) >= 11 is 0. The fourth-order valence-electron chi connectivity index (χ4n) is 7.17. The first kappa shape index (κ1) is 35.9. The summed E-state index contributed by atoms with van der Waals surface area (Å²) in [7, 11) is -2.88. The van der Waals surface area contributed by atoms with Crippen LogP contribution < -0.4 is 20.8 Å². The van der Waals surface area contributed by atoms with E-state index < -0.39 is 13.9 Å². The number of hydrogen-bond donors (Lipinski definition) is 1. The zero-order valence-corrected chi connectivity index (χ0v) is 31.4. The Morgan fingerprint density at radius 1 is 0.784 bits per heavy atom. The van der Waals surface area contributed by atoms with Gasteiger partial charge in [-0.25, -0.2) is 0 Å². The highest BCUT2D eigenvalue weighted by Gasteiger charge is 2.50. The molecule has 2 N–H and O–H groups in total. The lowest BCUT2D eigenvalue weighted by Gasteiger charge is -2.44. The van der Waals surface area contributed by atoms with Crippen molar-refractivity contribution in [3.63, 3.8) is 0 Å². The normalized spacial score (nSPS) is 14.6. The fraction of sp³-hybridized carbons (Fsp3) is 0.267. The maximum absolute atomic E-state index is 13.3. The summed E-state index contributed by atoms with van der Waals surface area (Å²) < 4.78 is 13.7. The Hall–Kier alpha value is -4.93. The highest BCUT2D eigenvalue weighted by atomic mass is 28.4. The van der Waals surface area contributed by atoms with Crippen molar-refractivity contribution < 1.29 is 14.0 Å². The Labute approximate surface area is 304 Å². The maximum atomic E-state index is 13.3. The molecule has 0 amide bonds. The molecular formula is C45H48N2O3Si. The Morgan fingerprint density at radius 3 is 1.76 bits per heavy atom. The van der Waals surface area contributed by atoms with Gasteiger partial charge >= 0.3 is 0 Å². The van der Waals surface area contributed by atoms with Crippen molar-refractivity contribution in [2.45, 2.75) is 70.8 Å². The molecule has 6 rings (SSSR count). The Kier molecular flexibility index (Phi) is 10.6. The van der Waals surface area contributed by atoms with Crippen molar-refractivity contribution in [1.29, 1.82) is 0 Å². The summed E-state index contributed by atoms with van der Waals surface area (Å²) in [5, 5.41) is 2.23. The largest absolute Gasteiger partial charge is 0.487 e. The number of carbonyl (C=O) groups is 1. The number of ketones is 1. The number of hydrogen-bond acceptors (Lipinski definition) is 5. The molecule has 5 nitrogen and oxygen atoms in total. The summed E-state index contributed by atoms with van der Waals surface area (Å²) in [5.74, 6) is 7.54. The first-order valence-corrected chi connectivity index (χ1v) is 19.6. The van der Waals surface area contributed by atoms with Crippen LogP contribution in [0.3, 0.4) is 0 Å². The third-order valence-corrected chi connectivity index (χ3v) is 14.6. The number of nitrogens with two attached hydrogens (primary N) is 1. The van der Waals surface area contributed by atoms with E-state index in [4.69, 9.17) is 14.9 Å². The van der Waals surface area contributed by atoms with Crippen LogP contribution in [0.25, 0.3) is 0 Å². The molecule has 0 saturated heterocycles. The van der Waals surface area contributed by atoms with E-state index in [2.05, 4.69) is 147 Å². The van der Waals surface area contributed by atoms with Gasteiger partial charge in [0.2, 0.25) is 0 Å². The van der Waals surface area contributed by atoms with E-state index in [1.807, 2.05) is 38.1 Å². The van der Waals surface area contributed by atoms with Crippen LogP contribution in [-0.2, 0) is 17.5 Å². The summed E-state index contributed by atoms with van der Waals surface area (Å²) in [6, 6.07) is 45.8. The van der Waals surface area contributed by atoms with Gasteiger partial charge in [0.25, 0.3) is 8.32 Å². The van der Waals surface area contributed by atoms with Crippen molar-refractivity contribution in [2.75, 3.05) is 12.3 Å². The lowest BCUT2D eigenvalue weighted by atomic mass is 9.91. The molecule has 0 aromatic heterocycles. The van der Waals surface area contributed by atoms with E-state index in [1.165, 1.54) is 21.5 Å². The molecular weight excluding hydrogens is 645 g/mol. The van der Waals surface area contributed by atoms with E-state index in [9.17, 15) is 4.79 Å². The van der Waals surface area contributed by atoms with Crippen LogP contribution in [0.2, 0.25) is 5.04 Å². The van der Waals surface area contributed by atoms with Crippen LogP contribution in [0.4, 0.5) is 5.69 Å². The van der Waals surface area contributed by atoms with Gasteiger partial charge in [-0.05, 0) is 52.5 Å². The van der Waals surface area contributed by atoms with E-state index >= 15 is 0 Å². The summed E-state index contributed by atoms with van der Waals surface area (Å²) in [4.78, 5) is 15.7. The second-order valence-corrected chi connectivity index (χ2v) is 19.3. The second-order valence-electron chi connectivity index (χ2n) is 15.0. The molecule has 0 saturated carbocycles. The monoisotopic (exact) mass is 692 g/mol. The summed E-state index contributed by atoms with van der Waals surface area (Å²) in [5.41, 5.74) is 9.89. The third-order valence-electron chi connectivity index (χ3n) is 9.60. The fourth-order valence-corrected chi connectivity index (χ4v) is 11.7. The number of nitrogens with zero attached hydrogens (tertiary/aromatic N) is 1. The highest BCUT2D eigenvalue weighted by Crippen LogP contribution is 2.38. The molecule has 0 radical (unpaired) electrons. The van der Waals surface area contributed by atoms with Crippen LogP contribution in [0.5, 0.6) is 5.75 Å². The zero-order valence-electron chi connectivity index (χ0n) is 30.4. The zero-order chi connectivity index (χ0) is 36.1. The standard InChI is InChI=1S/C45H48N2O3Si/c1-44(2,3)51(38-22-14-8-15-23-38,39-24-16-9-17-25-39)49-33-37(47(31-34-18-10-6-11-19-34)32-35-20-12-7-13-21-35)28-26-36-27-29-41-42(43(36)46)40(48)30-45(4,5)50-41/h6-25,27,29,37H,30-33,46H2,1-5H3/t37-/m1/s1. The Bertz CT molecular complexity index is 1920. The van der Waals surface area contributed by atoms with Gasteiger partial charge in [-0.2, -0.15) is 0 Å². The first-order chi connectivity index (χ1) is 24.5. The number of ether oxygens (including phenoxy) is 1. The van der Waals surface area contributed by atoms with E-state index in [0.717, 1.165) is 0 Å². The minimum Gasteiger partial charge on any atom is -0.487 e. The Morgan fingerprint density at radius 2 is 1.27 bits per heavy atom. The first-order valence-electron chi connectivity index (χ1n) is 17.7. The number of rotatable bonds is 10. The van der Waals surface area contributed by atoms with Crippen LogP contribution in [0.1, 0.15) is 68.1 Å². The average molecular weight is 693 g/mol. The number of carbonyl (C=O) groups excluding carboxylic acids is 1. The number of anilines is 1. The molecule has 6 heteroatoms. The maximum Gasteiger partial charge on any atom is 0.261 e. The van der Waals surface area contributed by atoms with Crippen molar-refractivity contribution in [3.05, 3.63) is 156 Å². The smallest absolute Gasteiger partial charge is 0.261 e. The minimum atomic E-state index is -2.88. The van der Waals surface area contributed by atoms with Gasteiger partial charge in [0.05, 0.1) is 30.3 Å². The molecule has 1 atom stereocenters. The molecule has 0 aliphatic carbocycles. The topological polar surface area (TPSA) is 64.8 Å². The van der Waals surface area contributed by atoms with Gasteiger partial charge in [0, 0.05) is 18.7 Å². The molecule has 0 fully saturated rings. The number of Topliss-reactive ketones (excluding diaryl/α,β-unsaturated/α-hetero) is 1. The van der Waals surface area contributed by atoms with Gasteiger partial charge in [-0.3, -0.25) is 9.69 Å². The van der Waals surface area contributed by atoms with Crippen LogP contribution in [0.15, 0.2) is 133 Å². The molecule has 0 bridgehead atoms. The second kappa shape index (κ2) is 15.1. The van der Waals surface area contributed by atoms with Crippen LogP contribution in [0, 0.1) is 11.8 Å². The van der Waals surface area contributed by atoms with Crippen molar-refractivity contribution >= 4 is 30.2 Å². The lowest BCUT2D eigenvalue weighted by Crippen LogP contribution is -2.67. The van der Waals surface area contributed by atoms with Crippen molar-refractivity contribution in [3.8, 4) is 17.6 Å². The third kappa shape index (κ3) is 8.02. The predicted octanol–water partition coefficient (Wildman–Crippen LogP) is 8.01. The SMILES string of the molecule is CC1(C)CC(=O)c2c(ccc(C#C[C@H](CO[Si](c3ccccc3)(c3ccccc3)C(C)(C)C)N(Cc3ccccc3)Cc3ccccc3)c2N)O1. The van der Waals surface area contributed by atoms with Crippen LogP contribution >= 0.6 is 0 Å².